The Bertz CT molecular complexity index is 245. The molecule has 0 amide bonds. The molecule has 1 saturated heterocycles. The Morgan fingerprint density at radius 2 is 2.54 bits per heavy atom. The summed E-state index contributed by atoms with van der Waals surface area (Å²) in [6.07, 6.45) is 3.09. The van der Waals surface area contributed by atoms with Gasteiger partial charge >= 0.3 is 0 Å². The summed E-state index contributed by atoms with van der Waals surface area (Å²) in [4.78, 5) is 5.57. The number of aliphatic hydroxyl groups excluding tert-OH is 1. The van der Waals surface area contributed by atoms with Gasteiger partial charge in [-0.3, -0.25) is 4.90 Å². The van der Waals surface area contributed by atoms with E-state index in [4.69, 9.17) is 5.11 Å². The van der Waals surface area contributed by atoms with Crippen molar-refractivity contribution in [1.29, 1.82) is 0 Å². The minimum atomic E-state index is 0.335. The summed E-state index contributed by atoms with van der Waals surface area (Å²) < 4.78 is 0. The molecule has 0 saturated carbocycles. The van der Waals surface area contributed by atoms with E-state index in [1.54, 1.807) is 0 Å². The number of likely N-dealkylation sites (tertiary alicyclic amines) is 1. The van der Waals surface area contributed by atoms with E-state index in [-0.39, 0.29) is 0 Å². The summed E-state index contributed by atoms with van der Waals surface area (Å²) in [7, 11) is 0. The second-order valence-corrected chi connectivity index (χ2v) is 3.77. The van der Waals surface area contributed by atoms with E-state index in [1.807, 2.05) is 12.3 Å². The van der Waals surface area contributed by atoms with E-state index in [0.717, 1.165) is 26.1 Å². The molecule has 0 radical (unpaired) electrons. The van der Waals surface area contributed by atoms with Crippen LogP contribution in [0.1, 0.15) is 12.1 Å². The van der Waals surface area contributed by atoms with Crippen molar-refractivity contribution >= 4 is 0 Å². The molecule has 72 valence electrons. The number of aromatic amines is 1. The van der Waals surface area contributed by atoms with E-state index in [1.165, 1.54) is 5.69 Å². The lowest BCUT2D eigenvalue weighted by molar-refractivity contribution is 0.219. The molecular weight excluding hydrogens is 164 g/mol. The van der Waals surface area contributed by atoms with Crippen molar-refractivity contribution in [3.8, 4) is 0 Å². The van der Waals surface area contributed by atoms with E-state index in [0.29, 0.717) is 12.5 Å². The molecule has 1 aliphatic heterocycles. The van der Waals surface area contributed by atoms with Gasteiger partial charge in [-0.1, -0.05) is 0 Å². The van der Waals surface area contributed by atoms with Crippen LogP contribution in [0.3, 0.4) is 0 Å². The summed E-state index contributed by atoms with van der Waals surface area (Å²) in [6.45, 7) is 3.48. The number of hydrogen-bond acceptors (Lipinski definition) is 2. The maximum Gasteiger partial charge on any atom is 0.0471 e. The van der Waals surface area contributed by atoms with Crippen LogP contribution in [0.15, 0.2) is 18.3 Å². The van der Waals surface area contributed by atoms with Gasteiger partial charge in [-0.05, 0) is 31.0 Å². The third-order valence-electron chi connectivity index (χ3n) is 2.68. The number of rotatable bonds is 3. The monoisotopic (exact) mass is 180 g/mol. The van der Waals surface area contributed by atoms with Crippen LogP contribution in [0.25, 0.3) is 0 Å². The second-order valence-electron chi connectivity index (χ2n) is 3.77. The van der Waals surface area contributed by atoms with Crippen molar-refractivity contribution in [2.45, 2.75) is 13.0 Å². The Hall–Kier alpha value is -0.800. The van der Waals surface area contributed by atoms with Crippen LogP contribution in [0, 0.1) is 5.92 Å². The van der Waals surface area contributed by atoms with Gasteiger partial charge in [-0.2, -0.15) is 0 Å². The highest BCUT2D eigenvalue weighted by molar-refractivity contribution is 5.03. The van der Waals surface area contributed by atoms with E-state index in [2.05, 4.69) is 16.0 Å². The fraction of sp³-hybridized carbons (Fsp3) is 0.600. The third-order valence-corrected chi connectivity index (χ3v) is 2.68. The molecule has 2 heterocycles. The van der Waals surface area contributed by atoms with Crippen molar-refractivity contribution in [1.82, 2.24) is 9.88 Å². The highest BCUT2D eigenvalue weighted by Gasteiger charge is 2.21. The van der Waals surface area contributed by atoms with Crippen molar-refractivity contribution in [2.75, 3.05) is 19.7 Å². The molecule has 0 aliphatic carbocycles. The number of aliphatic hydroxyl groups is 1. The zero-order valence-electron chi connectivity index (χ0n) is 7.74. The average Bonchev–Trinajstić information content (AvgIpc) is 2.76. The van der Waals surface area contributed by atoms with Gasteiger partial charge in [0.25, 0.3) is 0 Å². The first kappa shape index (κ1) is 8.78. The molecule has 2 rings (SSSR count). The summed E-state index contributed by atoms with van der Waals surface area (Å²) in [5, 5.41) is 8.98. The molecule has 3 nitrogen and oxygen atoms in total. The number of hydrogen-bond donors (Lipinski definition) is 2. The van der Waals surface area contributed by atoms with Gasteiger partial charge in [0.1, 0.15) is 0 Å². The van der Waals surface area contributed by atoms with Gasteiger partial charge in [0.05, 0.1) is 0 Å². The van der Waals surface area contributed by atoms with Crippen LogP contribution in [-0.2, 0) is 6.54 Å². The van der Waals surface area contributed by atoms with Crippen LogP contribution >= 0.6 is 0 Å². The molecular formula is C10H16N2O. The Labute approximate surface area is 78.4 Å². The number of nitrogens with one attached hydrogen (secondary N) is 1. The molecule has 0 bridgehead atoms. The maximum atomic E-state index is 8.98. The first-order valence-electron chi connectivity index (χ1n) is 4.84. The highest BCUT2D eigenvalue weighted by Crippen LogP contribution is 2.17. The van der Waals surface area contributed by atoms with Gasteiger partial charge in [-0.25, -0.2) is 0 Å². The average molecular weight is 180 g/mol. The molecule has 1 atom stereocenters. The molecule has 3 heteroatoms. The minimum absolute atomic E-state index is 0.335. The zero-order chi connectivity index (χ0) is 9.10. The number of H-pyrrole nitrogens is 1. The molecule has 1 aromatic heterocycles. The zero-order valence-corrected chi connectivity index (χ0v) is 7.74. The quantitative estimate of drug-likeness (QED) is 0.723. The molecule has 1 aliphatic rings. The predicted molar refractivity (Wildman–Crippen MR) is 51.3 cm³/mol. The van der Waals surface area contributed by atoms with Crippen LogP contribution in [0.4, 0.5) is 0 Å². The van der Waals surface area contributed by atoms with Crippen LogP contribution in [0.5, 0.6) is 0 Å². The van der Waals surface area contributed by atoms with Crippen LogP contribution in [0.2, 0.25) is 0 Å². The first-order chi connectivity index (χ1) is 6.38. The molecule has 13 heavy (non-hydrogen) atoms. The Morgan fingerprint density at radius 3 is 3.15 bits per heavy atom. The minimum Gasteiger partial charge on any atom is -0.396 e. The van der Waals surface area contributed by atoms with E-state index >= 15 is 0 Å². The van der Waals surface area contributed by atoms with Gasteiger partial charge in [-0.15, -0.1) is 0 Å². The fourth-order valence-corrected chi connectivity index (χ4v) is 1.91. The Morgan fingerprint density at radius 1 is 1.62 bits per heavy atom. The largest absolute Gasteiger partial charge is 0.396 e. The molecule has 2 N–H and O–H groups in total. The molecule has 1 fully saturated rings. The lowest BCUT2D eigenvalue weighted by Crippen LogP contribution is -2.21. The summed E-state index contributed by atoms with van der Waals surface area (Å²) in [5.41, 5.74) is 1.26. The summed E-state index contributed by atoms with van der Waals surface area (Å²) >= 11 is 0. The SMILES string of the molecule is OC[C@@H]1CCN(Cc2ccc[nH]2)C1. The third kappa shape index (κ3) is 2.11. The van der Waals surface area contributed by atoms with Gasteiger partial charge in [0, 0.05) is 31.6 Å². The number of aromatic nitrogens is 1. The highest BCUT2D eigenvalue weighted by atomic mass is 16.3. The smallest absolute Gasteiger partial charge is 0.0471 e. The van der Waals surface area contributed by atoms with Gasteiger partial charge < -0.3 is 10.1 Å². The van der Waals surface area contributed by atoms with Crippen molar-refractivity contribution in [3.63, 3.8) is 0 Å². The maximum absolute atomic E-state index is 8.98. The summed E-state index contributed by atoms with van der Waals surface area (Å²) in [5.74, 6) is 0.495. The van der Waals surface area contributed by atoms with E-state index in [9.17, 15) is 0 Å². The molecule has 0 spiro atoms. The lowest BCUT2D eigenvalue weighted by Gasteiger charge is -2.13. The lowest BCUT2D eigenvalue weighted by atomic mass is 10.1. The van der Waals surface area contributed by atoms with Gasteiger partial charge in [0.2, 0.25) is 0 Å². The van der Waals surface area contributed by atoms with Crippen molar-refractivity contribution in [2.24, 2.45) is 5.92 Å². The first-order valence-corrected chi connectivity index (χ1v) is 4.84. The summed E-state index contributed by atoms with van der Waals surface area (Å²) in [6, 6.07) is 4.13. The normalized spacial score (nSPS) is 23.9. The van der Waals surface area contributed by atoms with Crippen molar-refractivity contribution < 1.29 is 5.11 Å². The number of nitrogens with zero attached hydrogens (tertiary/aromatic N) is 1. The fourth-order valence-electron chi connectivity index (χ4n) is 1.91. The molecule has 0 unspecified atom stereocenters. The van der Waals surface area contributed by atoms with Crippen molar-refractivity contribution in [3.05, 3.63) is 24.0 Å². The molecule has 0 aromatic carbocycles. The van der Waals surface area contributed by atoms with Crippen LogP contribution < -0.4 is 0 Å². The van der Waals surface area contributed by atoms with Gasteiger partial charge in [0.15, 0.2) is 0 Å². The van der Waals surface area contributed by atoms with Crippen LogP contribution in [-0.4, -0.2) is 34.7 Å². The predicted octanol–water partition coefficient (Wildman–Crippen LogP) is 0.829. The van der Waals surface area contributed by atoms with E-state index < -0.39 is 0 Å². The second kappa shape index (κ2) is 3.94. The topological polar surface area (TPSA) is 39.3 Å². The Balaban J connectivity index is 1.84. The Kier molecular flexibility index (Phi) is 2.66. The standard InChI is InChI=1S/C10H16N2O/c13-8-9-3-5-12(6-9)7-10-2-1-4-11-10/h1-2,4,9,11,13H,3,5-8H2/t9-/m1/s1. The molecule has 1 aromatic rings.